The summed E-state index contributed by atoms with van der Waals surface area (Å²) < 4.78 is 20.8. The van der Waals surface area contributed by atoms with E-state index in [1.165, 1.54) is 0 Å². The first kappa shape index (κ1) is 93.9. The maximum atomic E-state index is 11.8. The number of ether oxygens (including phenoxy) is 4. The van der Waals surface area contributed by atoms with Crippen molar-refractivity contribution in [3.05, 3.63) is 193 Å². The van der Waals surface area contributed by atoms with E-state index in [0.29, 0.717) is 104 Å². The molecule has 618 valence electrons. The molecule has 11 aromatic rings. The van der Waals surface area contributed by atoms with Gasteiger partial charge in [-0.15, -0.1) is 0 Å². The normalized spacial score (nSPS) is 10.8. The number of nitrogens with zero attached hydrogens (tertiary/aromatic N) is 18. The van der Waals surface area contributed by atoms with Gasteiger partial charge in [-0.3, -0.25) is 21.3 Å². The summed E-state index contributed by atoms with van der Waals surface area (Å²) in [6, 6.07) is 35.8. The van der Waals surface area contributed by atoms with E-state index in [0.717, 1.165) is 11.4 Å². The molecule has 0 aliphatic rings. The quantitative estimate of drug-likeness (QED) is 0.0357. The number of anilines is 15. The van der Waals surface area contributed by atoms with Gasteiger partial charge in [-0.05, 0) is 297 Å². The summed E-state index contributed by atoms with van der Waals surface area (Å²) >= 11 is 39.0. The number of rotatable bonds is 14. The second-order valence-electron chi connectivity index (χ2n) is 27.9. The van der Waals surface area contributed by atoms with E-state index in [-0.39, 0.29) is 42.9 Å². The molecule has 0 aliphatic carbocycles. The zero-order chi connectivity index (χ0) is 86.5. The zero-order valence-electron chi connectivity index (χ0n) is 66.6. The van der Waals surface area contributed by atoms with Gasteiger partial charge in [-0.1, -0.05) is 30.3 Å². The van der Waals surface area contributed by atoms with Crippen molar-refractivity contribution in [2.75, 3.05) is 53.6 Å². The summed E-state index contributed by atoms with van der Waals surface area (Å²) in [7, 11) is 0. The summed E-state index contributed by atoms with van der Waals surface area (Å²) in [6.07, 6.45) is -2.08. The number of carbonyl (C=O) groups is 4. The molecule has 43 heteroatoms. The highest BCUT2D eigenvalue weighted by Gasteiger charge is 2.21. The van der Waals surface area contributed by atoms with Crippen molar-refractivity contribution in [1.82, 2.24) is 89.7 Å². The number of nitrogens with two attached hydrogens (primary N) is 1. The molecule has 0 saturated carbocycles. The molecule has 36 nitrogen and oxygen atoms in total. The minimum Gasteiger partial charge on any atom is -0.444 e. The van der Waals surface area contributed by atoms with Crippen molar-refractivity contribution in [1.29, 1.82) is 0 Å². The first-order valence-electron chi connectivity index (χ1n) is 34.7. The van der Waals surface area contributed by atoms with Gasteiger partial charge in [-0.2, -0.15) is 69.8 Å². The number of hydrogen-bond acceptors (Lipinski definition) is 32. The third kappa shape index (κ3) is 39.3. The summed E-state index contributed by atoms with van der Waals surface area (Å²) in [4.78, 5) is 118. The molecule has 6 heterocycles. The summed E-state index contributed by atoms with van der Waals surface area (Å²) in [5.74, 6) is 5.55. The Bertz CT molecular complexity index is 4570. The van der Waals surface area contributed by atoms with Crippen molar-refractivity contribution < 1.29 is 38.1 Å². The van der Waals surface area contributed by atoms with Crippen LogP contribution < -0.4 is 53.6 Å². The van der Waals surface area contributed by atoms with Crippen LogP contribution in [0.15, 0.2) is 121 Å². The van der Waals surface area contributed by atoms with Crippen molar-refractivity contribution in [3.8, 4) is 0 Å². The van der Waals surface area contributed by atoms with Gasteiger partial charge < -0.3 is 51.3 Å². The summed E-state index contributed by atoms with van der Waals surface area (Å²) in [5, 5.41) is 26.0. The average molecular weight is 1740 g/mol. The van der Waals surface area contributed by atoms with E-state index >= 15 is 0 Å². The van der Waals surface area contributed by atoms with E-state index in [1.807, 2.05) is 83.1 Å². The molecule has 0 radical (unpaired) electrons. The molecular formula is C74H85Cl7N28O8. The van der Waals surface area contributed by atoms with Gasteiger partial charge in [0.15, 0.2) is 0 Å². The van der Waals surface area contributed by atoms with Crippen LogP contribution in [-0.2, 0) is 18.9 Å². The Kier molecular flexibility index (Phi) is 35.1. The highest BCUT2D eigenvalue weighted by atomic mass is 35.5. The third-order valence-electron chi connectivity index (χ3n) is 12.5. The minimum atomic E-state index is -0.571. The summed E-state index contributed by atoms with van der Waals surface area (Å²) in [5.41, 5.74) is 10.1. The molecule has 0 atom stereocenters. The Hall–Kier alpha value is -11.9. The van der Waals surface area contributed by atoms with E-state index < -0.39 is 46.8 Å². The number of amides is 4. The van der Waals surface area contributed by atoms with Gasteiger partial charge in [0.1, 0.15) is 57.4 Å². The fourth-order valence-electron chi connectivity index (χ4n) is 8.69. The number of halogens is 7. The standard InChI is InChI=1S/C16H21N5O2.2C15H18ClN5O2.C14H15Cl2N5O2.C11H13N5.C3Cl3N3/c1-10-17-11(2)19-14(18-10)20-12-7-6-8-13(9-12)21-15(22)23-16(3,4)5;2*1-9-17-12(16)21-13(18-9)19-10-6-5-7-11(8-10)20-14(22)23-15(2,3)4;1-14(2,3)23-13(22)18-9-6-4-5-8(7-9)17-12-20-10(15)19-11(16)21-12;1-7-13-8(2)15-11(14-7)16-10-5-3-4-9(12)6-10;4-1-7-2(5)9-3(6)8-1/h6-9H,1-5H3,(H,21,22)(H,17,18,19,20);2*5-8H,1-4H3,(H,20,22)(H,17,18,19,21);4-7H,1-3H3,(H,18,22)(H,17,19,20,21);3-6H,12H2,1-2H3,(H,13,14,15,16);. The van der Waals surface area contributed by atoms with Crippen molar-refractivity contribution in [2.24, 2.45) is 0 Å². The van der Waals surface area contributed by atoms with Crippen LogP contribution in [0.3, 0.4) is 0 Å². The van der Waals surface area contributed by atoms with Gasteiger partial charge >= 0.3 is 24.4 Å². The first-order valence-corrected chi connectivity index (χ1v) is 37.4. The molecule has 0 saturated heterocycles. The van der Waals surface area contributed by atoms with Crippen molar-refractivity contribution >= 4 is 192 Å². The minimum absolute atomic E-state index is 0.000000000000000444. The lowest BCUT2D eigenvalue weighted by atomic mass is 10.2. The molecule has 11 N–H and O–H groups in total. The molecular weight excluding hydrogens is 1660 g/mol. The van der Waals surface area contributed by atoms with Crippen LogP contribution >= 0.6 is 81.2 Å². The molecule has 117 heavy (non-hydrogen) atoms. The maximum absolute atomic E-state index is 11.8. The van der Waals surface area contributed by atoms with E-state index in [2.05, 4.69) is 138 Å². The van der Waals surface area contributed by atoms with Crippen LogP contribution in [0.5, 0.6) is 0 Å². The summed E-state index contributed by atoms with van der Waals surface area (Å²) in [6.45, 7) is 32.4. The van der Waals surface area contributed by atoms with Crippen LogP contribution in [0.2, 0.25) is 37.0 Å². The molecule has 0 spiro atoms. The predicted octanol–water partition coefficient (Wildman–Crippen LogP) is 19.3. The second-order valence-corrected chi connectivity index (χ2v) is 30.2. The SMILES string of the molecule is CC(C)(C)OC(=O)Nc1cccc(Nc2nc(Cl)nc(Cl)n2)c1.Cc1nc(C)nc(Nc2cccc(N)c2)n1.Cc1nc(C)nc(Nc2cccc(NC(=O)OC(C)(C)C)c2)n1.Cc1nc(Cl)nc(Nc2cccc(NC(=O)OC(C)(C)C)c2)n1.Cc1nc(Cl)nc(Nc2cccc(NC(=O)OC(C)(C)C)c2)n1.Clc1nc(Cl)nc(Cl)n1. The molecule has 0 aliphatic heterocycles. The van der Waals surface area contributed by atoms with E-state index in [9.17, 15) is 19.2 Å². The third-order valence-corrected chi connectivity index (χ3v) is 13.7. The number of hydrogen-bond donors (Lipinski definition) is 10. The molecule has 0 unspecified atom stereocenters. The topological polar surface area (TPSA) is 472 Å². The van der Waals surface area contributed by atoms with Crippen molar-refractivity contribution in [2.45, 2.75) is 147 Å². The lowest BCUT2D eigenvalue weighted by Gasteiger charge is -2.19. The Morgan fingerprint density at radius 2 is 0.436 bits per heavy atom. The van der Waals surface area contributed by atoms with Gasteiger partial charge in [0.05, 0.1) is 0 Å². The Morgan fingerprint density at radius 1 is 0.256 bits per heavy atom. The molecule has 0 bridgehead atoms. The molecule has 4 amide bonds. The van der Waals surface area contributed by atoms with Crippen LogP contribution in [0.25, 0.3) is 0 Å². The number of nitrogens with one attached hydrogen (secondary N) is 9. The van der Waals surface area contributed by atoms with E-state index in [4.69, 9.17) is 106 Å². The predicted molar refractivity (Wildman–Crippen MR) is 455 cm³/mol. The van der Waals surface area contributed by atoms with Crippen LogP contribution in [0, 0.1) is 41.5 Å². The number of aromatic nitrogens is 18. The highest BCUT2D eigenvalue weighted by Crippen LogP contribution is 2.26. The van der Waals surface area contributed by atoms with Gasteiger partial charge in [0.2, 0.25) is 66.7 Å². The highest BCUT2D eigenvalue weighted by molar-refractivity contribution is 6.33. The lowest BCUT2D eigenvalue weighted by molar-refractivity contribution is 0.0624. The number of carbonyl (C=O) groups excluding carboxylic acids is 4. The van der Waals surface area contributed by atoms with Gasteiger partial charge in [0.25, 0.3) is 0 Å². The first-order chi connectivity index (χ1) is 54.6. The van der Waals surface area contributed by atoms with Crippen molar-refractivity contribution in [3.63, 3.8) is 0 Å². The molecule has 0 fully saturated rings. The average Bonchev–Trinajstić information content (AvgIpc) is 0.869. The van der Waals surface area contributed by atoms with E-state index in [1.54, 1.807) is 163 Å². The van der Waals surface area contributed by atoms with Crippen LogP contribution in [-0.4, -0.2) is 136 Å². The maximum Gasteiger partial charge on any atom is 0.412 e. The number of nitrogen functional groups attached to an aromatic ring is 1. The van der Waals surface area contributed by atoms with Gasteiger partial charge in [0, 0.05) is 56.9 Å². The van der Waals surface area contributed by atoms with Gasteiger partial charge in [-0.25, -0.2) is 39.1 Å². The largest absolute Gasteiger partial charge is 0.444 e. The Balaban J connectivity index is 0.000000222. The fraction of sp³-hybridized carbons (Fsp3) is 0.297. The fourth-order valence-corrected chi connectivity index (χ4v) is 10.1. The molecule has 11 rings (SSSR count). The molecule has 5 aromatic carbocycles. The Morgan fingerprint density at radius 3 is 0.658 bits per heavy atom. The Labute approximate surface area is 709 Å². The number of benzene rings is 5. The molecule has 6 aromatic heterocycles. The number of aryl methyl sites for hydroxylation is 6. The second kappa shape index (κ2) is 43.7. The van der Waals surface area contributed by atoms with Crippen LogP contribution in [0.4, 0.5) is 106 Å². The monoisotopic (exact) mass is 1740 g/mol. The smallest absolute Gasteiger partial charge is 0.412 e. The zero-order valence-corrected chi connectivity index (χ0v) is 71.9. The lowest BCUT2D eigenvalue weighted by Crippen LogP contribution is -2.27. The van der Waals surface area contributed by atoms with Crippen LogP contribution in [0.1, 0.15) is 118 Å².